The maximum Gasteiger partial charge on any atom is 0.193 e. The van der Waals surface area contributed by atoms with Crippen LogP contribution in [0.5, 0.6) is 0 Å². The zero-order chi connectivity index (χ0) is 12.5. The Bertz CT molecular complexity index is 681. The van der Waals surface area contributed by atoms with Crippen LogP contribution in [-0.4, -0.2) is 23.3 Å². The van der Waals surface area contributed by atoms with Gasteiger partial charge in [-0.15, -0.1) is 0 Å². The van der Waals surface area contributed by atoms with Gasteiger partial charge in [0, 0.05) is 22.3 Å². The van der Waals surface area contributed by atoms with Gasteiger partial charge in [0.05, 0.1) is 0 Å². The topological polar surface area (TPSA) is 43.4 Å². The molecule has 0 fully saturated rings. The first-order chi connectivity index (χ1) is 8.62. The van der Waals surface area contributed by atoms with E-state index in [1.54, 1.807) is 24.3 Å². The van der Waals surface area contributed by atoms with Gasteiger partial charge in [0.1, 0.15) is 11.7 Å². The lowest BCUT2D eigenvalue weighted by Gasteiger charge is -2.24. The van der Waals surface area contributed by atoms with Crippen LogP contribution >= 0.6 is 0 Å². The van der Waals surface area contributed by atoms with Gasteiger partial charge in [0.25, 0.3) is 0 Å². The molecule has 0 N–H and O–H groups in total. The Kier molecular flexibility index (Phi) is 1.59. The minimum atomic E-state index is -0.722. The zero-order valence-corrected chi connectivity index (χ0v) is 9.77. The molecule has 3 aliphatic rings. The van der Waals surface area contributed by atoms with E-state index in [9.17, 15) is 9.59 Å². The smallest absolute Gasteiger partial charge is 0.193 e. The highest BCUT2D eigenvalue weighted by atomic mass is 16.5. The van der Waals surface area contributed by atoms with E-state index < -0.39 is 5.60 Å². The van der Waals surface area contributed by atoms with E-state index >= 15 is 0 Å². The van der Waals surface area contributed by atoms with Crippen molar-refractivity contribution in [2.75, 3.05) is 0 Å². The predicted octanol–water partition coefficient (Wildman–Crippen LogP) is 2.09. The summed E-state index contributed by atoms with van der Waals surface area (Å²) in [6.45, 7) is 1.84. The quantitative estimate of drug-likeness (QED) is 0.650. The highest BCUT2D eigenvalue weighted by Crippen LogP contribution is 2.47. The Morgan fingerprint density at radius 1 is 1.11 bits per heavy atom. The third kappa shape index (κ3) is 0.946. The van der Waals surface area contributed by atoms with Gasteiger partial charge in [-0.05, 0) is 13.0 Å². The molecular weight excluding hydrogens is 228 g/mol. The summed E-state index contributed by atoms with van der Waals surface area (Å²) in [5, 5.41) is 0. The summed E-state index contributed by atoms with van der Waals surface area (Å²) in [7, 11) is 0. The van der Waals surface area contributed by atoms with Gasteiger partial charge in [0.15, 0.2) is 11.6 Å². The molecular formula is C15H10O3. The molecule has 2 aliphatic heterocycles. The summed E-state index contributed by atoms with van der Waals surface area (Å²) >= 11 is 0. The average Bonchev–Trinajstić information content (AvgIpc) is 2.89. The highest BCUT2D eigenvalue weighted by Gasteiger charge is 2.53. The predicted molar refractivity (Wildman–Crippen MR) is 64.5 cm³/mol. The number of fused-ring (bicyclic) bond motifs is 5. The number of carbonyl (C=O) groups is 2. The Labute approximate surface area is 104 Å². The fourth-order valence-corrected chi connectivity index (χ4v) is 3.07. The largest absolute Gasteiger partial charge is 0.354 e. The monoisotopic (exact) mass is 238 g/mol. The second-order valence-corrected chi connectivity index (χ2v) is 5.00. The van der Waals surface area contributed by atoms with E-state index in [0.717, 1.165) is 0 Å². The van der Waals surface area contributed by atoms with Crippen molar-refractivity contribution < 1.29 is 14.3 Å². The molecule has 2 bridgehead atoms. The van der Waals surface area contributed by atoms with Gasteiger partial charge in [0.2, 0.25) is 0 Å². The van der Waals surface area contributed by atoms with Crippen molar-refractivity contribution in [1.29, 1.82) is 0 Å². The summed E-state index contributed by atoms with van der Waals surface area (Å²) in [6, 6.07) is 6.97. The number of ether oxygens (including phenoxy) is 1. The lowest BCUT2D eigenvalue weighted by molar-refractivity contribution is 0.0522. The molecule has 2 heterocycles. The van der Waals surface area contributed by atoms with E-state index in [-0.39, 0.29) is 17.7 Å². The number of ketones is 2. The highest BCUT2D eigenvalue weighted by molar-refractivity contribution is 6.29. The molecule has 1 aliphatic carbocycles. The number of benzene rings is 1. The summed E-state index contributed by atoms with van der Waals surface area (Å²) < 4.78 is 5.75. The van der Waals surface area contributed by atoms with Gasteiger partial charge in [-0.1, -0.05) is 30.3 Å². The lowest BCUT2D eigenvalue weighted by Crippen LogP contribution is -2.31. The van der Waals surface area contributed by atoms with E-state index in [0.29, 0.717) is 22.3 Å². The molecule has 4 rings (SSSR count). The zero-order valence-electron chi connectivity index (χ0n) is 9.77. The summed E-state index contributed by atoms with van der Waals surface area (Å²) in [4.78, 5) is 25.0. The molecule has 1 aromatic rings. The van der Waals surface area contributed by atoms with Gasteiger partial charge >= 0.3 is 0 Å². The van der Waals surface area contributed by atoms with Crippen molar-refractivity contribution >= 4 is 11.6 Å². The van der Waals surface area contributed by atoms with Crippen molar-refractivity contribution in [2.45, 2.75) is 18.6 Å². The first-order valence-corrected chi connectivity index (χ1v) is 5.92. The van der Waals surface area contributed by atoms with Gasteiger partial charge in [-0.2, -0.15) is 0 Å². The number of rotatable bonds is 0. The lowest BCUT2D eigenvalue weighted by atomic mass is 9.75. The molecule has 88 valence electrons. The number of carbonyl (C=O) groups excluding carboxylic acids is 2. The third-order valence-corrected chi connectivity index (χ3v) is 3.90. The molecule has 0 aromatic heterocycles. The van der Waals surface area contributed by atoms with Crippen LogP contribution in [0.25, 0.3) is 0 Å². The van der Waals surface area contributed by atoms with Crippen molar-refractivity contribution in [1.82, 2.24) is 0 Å². The Morgan fingerprint density at radius 3 is 2.50 bits per heavy atom. The van der Waals surface area contributed by atoms with Crippen molar-refractivity contribution in [3.05, 3.63) is 58.7 Å². The Morgan fingerprint density at radius 2 is 1.78 bits per heavy atom. The molecule has 0 radical (unpaired) electrons. The maximum atomic E-state index is 12.5. The molecule has 0 saturated carbocycles. The SMILES string of the molecule is CC12C=CC(O1)C1=C2C(=O)c2ccccc2C1=O. The molecule has 2 atom stereocenters. The Hall–Kier alpha value is -2.00. The molecule has 18 heavy (non-hydrogen) atoms. The molecule has 0 spiro atoms. The molecule has 0 amide bonds. The van der Waals surface area contributed by atoms with Crippen LogP contribution in [0.15, 0.2) is 47.6 Å². The summed E-state index contributed by atoms with van der Waals surface area (Å²) in [6.07, 6.45) is 3.38. The fourth-order valence-electron chi connectivity index (χ4n) is 3.07. The van der Waals surface area contributed by atoms with Crippen molar-refractivity contribution in [2.24, 2.45) is 0 Å². The summed E-state index contributed by atoms with van der Waals surface area (Å²) in [5.41, 5.74) is 1.32. The normalized spacial score (nSPS) is 31.9. The van der Waals surface area contributed by atoms with Crippen LogP contribution in [0.3, 0.4) is 0 Å². The van der Waals surface area contributed by atoms with Crippen LogP contribution in [0, 0.1) is 0 Å². The summed E-state index contributed by atoms with van der Waals surface area (Å²) in [5.74, 6) is -0.146. The van der Waals surface area contributed by atoms with Gasteiger partial charge < -0.3 is 4.74 Å². The average molecular weight is 238 g/mol. The van der Waals surface area contributed by atoms with Crippen LogP contribution in [0.4, 0.5) is 0 Å². The van der Waals surface area contributed by atoms with Crippen molar-refractivity contribution in [3.63, 3.8) is 0 Å². The maximum absolute atomic E-state index is 12.5. The minimum absolute atomic E-state index is 0.0710. The van der Waals surface area contributed by atoms with Crippen molar-refractivity contribution in [3.8, 4) is 0 Å². The molecule has 0 saturated heterocycles. The van der Waals surface area contributed by atoms with Crippen LogP contribution in [0.2, 0.25) is 0 Å². The fraction of sp³-hybridized carbons (Fsp3) is 0.200. The standard InChI is InChI=1S/C15H10O3/c1-15-7-6-10(18-15)11-12(15)14(17)9-5-3-2-4-8(9)13(11)16/h2-7,10H,1H3. The van der Waals surface area contributed by atoms with E-state index in [1.807, 2.05) is 19.1 Å². The first kappa shape index (κ1) is 9.97. The van der Waals surface area contributed by atoms with Gasteiger partial charge in [-0.3, -0.25) is 9.59 Å². The van der Waals surface area contributed by atoms with Gasteiger partial charge in [-0.25, -0.2) is 0 Å². The first-order valence-electron chi connectivity index (χ1n) is 5.92. The minimum Gasteiger partial charge on any atom is -0.354 e. The van der Waals surface area contributed by atoms with E-state index in [1.165, 1.54) is 0 Å². The van der Waals surface area contributed by atoms with E-state index in [4.69, 9.17) is 4.74 Å². The second-order valence-electron chi connectivity index (χ2n) is 5.00. The molecule has 1 aromatic carbocycles. The van der Waals surface area contributed by atoms with E-state index in [2.05, 4.69) is 0 Å². The number of Topliss-reactive ketones (excluding diaryl/α,β-unsaturated/α-hetero) is 2. The third-order valence-electron chi connectivity index (χ3n) is 3.90. The number of hydrogen-bond donors (Lipinski definition) is 0. The molecule has 3 heteroatoms. The van der Waals surface area contributed by atoms with Crippen LogP contribution < -0.4 is 0 Å². The van der Waals surface area contributed by atoms with Crippen LogP contribution in [-0.2, 0) is 4.74 Å². The molecule has 3 nitrogen and oxygen atoms in total. The molecule has 2 unspecified atom stereocenters. The second kappa shape index (κ2) is 2.87. The van der Waals surface area contributed by atoms with Crippen LogP contribution in [0.1, 0.15) is 27.6 Å². The Balaban J connectivity index is 2.02. The number of hydrogen-bond acceptors (Lipinski definition) is 3.